The molecule has 3 heterocycles. The van der Waals surface area contributed by atoms with E-state index in [1.54, 1.807) is 4.68 Å². The van der Waals surface area contributed by atoms with Crippen molar-refractivity contribution in [2.24, 2.45) is 0 Å². The van der Waals surface area contributed by atoms with E-state index in [9.17, 15) is 4.79 Å². The van der Waals surface area contributed by atoms with Gasteiger partial charge in [0.25, 0.3) is 5.95 Å². The molecule has 0 spiro atoms. The van der Waals surface area contributed by atoms with Crippen molar-refractivity contribution in [1.82, 2.24) is 19.7 Å². The molecule has 0 bridgehead atoms. The summed E-state index contributed by atoms with van der Waals surface area (Å²) in [4.78, 5) is 21.4. The molecule has 4 rings (SSSR count). The predicted octanol–water partition coefficient (Wildman–Crippen LogP) is 3.82. The van der Waals surface area contributed by atoms with Crippen LogP contribution in [0.2, 0.25) is 0 Å². The molecule has 3 aromatic rings. The standard InChI is InChI=1S/C19H18BrN5O/c1-10-7-11(2)22-19(21-10)25-18-17(12(3)24-25)15(9-16(26)23-18)13-5-4-6-14(20)8-13/h4-8,15H,9H2,1-3H3,(H,23,26). The second-order valence-corrected chi connectivity index (χ2v) is 7.49. The molecule has 0 fully saturated rings. The highest BCUT2D eigenvalue weighted by Crippen LogP contribution is 2.40. The summed E-state index contributed by atoms with van der Waals surface area (Å²) in [5, 5.41) is 7.61. The first-order chi connectivity index (χ1) is 12.4. The predicted molar refractivity (Wildman–Crippen MR) is 103 cm³/mol. The average molecular weight is 412 g/mol. The van der Waals surface area contributed by atoms with Gasteiger partial charge in [0.05, 0.1) is 5.69 Å². The van der Waals surface area contributed by atoms with Gasteiger partial charge in [-0.2, -0.15) is 9.78 Å². The Morgan fingerprint density at radius 2 is 1.88 bits per heavy atom. The Morgan fingerprint density at radius 1 is 1.15 bits per heavy atom. The fourth-order valence-electron chi connectivity index (χ4n) is 3.50. The minimum absolute atomic E-state index is 0.0343. The molecule has 1 unspecified atom stereocenters. The highest BCUT2D eigenvalue weighted by Gasteiger charge is 2.33. The van der Waals surface area contributed by atoms with Gasteiger partial charge >= 0.3 is 0 Å². The van der Waals surface area contributed by atoms with E-state index >= 15 is 0 Å². The zero-order valence-corrected chi connectivity index (χ0v) is 16.3. The number of hydrogen-bond donors (Lipinski definition) is 1. The summed E-state index contributed by atoms with van der Waals surface area (Å²) < 4.78 is 2.64. The number of aromatic nitrogens is 4. The van der Waals surface area contributed by atoms with E-state index < -0.39 is 0 Å². The Balaban J connectivity index is 1.90. The highest BCUT2D eigenvalue weighted by atomic mass is 79.9. The smallest absolute Gasteiger partial charge is 0.252 e. The molecular weight excluding hydrogens is 394 g/mol. The summed E-state index contributed by atoms with van der Waals surface area (Å²) in [5.41, 5.74) is 4.69. The first-order valence-electron chi connectivity index (χ1n) is 8.40. The second-order valence-electron chi connectivity index (χ2n) is 6.57. The fraction of sp³-hybridized carbons (Fsp3) is 0.263. The average Bonchev–Trinajstić information content (AvgIpc) is 2.90. The number of carbonyl (C=O) groups is 1. The van der Waals surface area contributed by atoms with Crippen LogP contribution in [0.5, 0.6) is 0 Å². The van der Waals surface area contributed by atoms with E-state index in [4.69, 9.17) is 0 Å². The van der Waals surface area contributed by atoms with Crippen LogP contribution in [0.15, 0.2) is 34.8 Å². The van der Waals surface area contributed by atoms with Gasteiger partial charge in [-0.3, -0.25) is 4.79 Å². The normalized spacial score (nSPS) is 16.3. The number of halogens is 1. The largest absolute Gasteiger partial charge is 0.310 e. The van der Waals surface area contributed by atoms with Crippen molar-refractivity contribution in [3.8, 4) is 5.95 Å². The van der Waals surface area contributed by atoms with Gasteiger partial charge in [0.2, 0.25) is 5.91 Å². The van der Waals surface area contributed by atoms with Crippen LogP contribution in [0, 0.1) is 20.8 Å². The van der Waals surface area contributed by atoms with E-state index in [0.717, 1.165) is 32.7 Å². The monoisotopic (exact) mass is 411 g/mol. The number of nitrogens with zero attached hydrogens (tertiary/aromatic N) is 4. The van der Waals surface area contributed by atoms with Gasteiger partial charge < -0.3 is 5.32 Å². The van der Waals surface area contributed by atoms with Gasteiger partial charge in [-0.05, 0) is 44.5 Å². The minimum atomic E-state index is -0.0455. The van der Waals surface area contributed by atoms with E-state index in [1.165, 1.54) is 0 Å². The van der Waals surface area contributed by atoms with Crippen LogP contribution in [0.3, 0.4) is 0 Å². The molecule has 132 valence electrons. The van der Waals surface area contributed by atoms with Crippen molar-refractivity contribution in [2.45, 2.75) is 33.1 Å². The Morgan fingerprint density at radius 3 is 2.58 bits per heavy atom. The molecule has 0 saturated carbocycles. The summed E-state index contributed by atoms with van der Waals surface area (Å²) in [6.07, 6.45) is 0.393. The van der Waals surface area contributed by atoms with Gasteiger partial charge in [0, 0.05) is 33.8 Å². The van der Waals surface area contributed by atoms with Crippen molar-refractivity contribution in [3.63, 3.8) is 0 Å². The lowest BCUT2D eigenvalue weighted by Gasteiger charge is -2.24. The SMILES string of the molecule is Cc1cc(C)nc(-n2nc(C)c3c2NC(=O)CC3c2cccc(Br)c2)n1. The van der Waals surface area contributed by atoms with Crippen molar-refractivity contribution in [2.75, 3.05) is 5.32 Å². The molecule has 0 aliphatic carbocycles. The van der Waals surface area contributed by atoms with Crippen LogP contribution in [0.25, 0.3) is 5.95 Å². The number of hydrogen-bond acceptors (Lipinski definition) is 4. The maximum absolute atomic E-state index is 12.4. The molecule has 1 atom stereocenters. The molecular formula is C19H18BrN5O. The lowest BCUT2D eigenvalue weighted by atomic mass is 9.86. The molecule has 26 heavy (non-hydrogen) atoms. The zero-order valence-electron chi connectivity index (χ0n) is 14.7. The number of aryl methyl sites for hydroxylation is 3. The first-order valence-corrected chi connectivity index (χ1v) is 9.19. The summed E-state index contributed by atoms with van der Waals surface area (Å²) in [7, 11) is 0. The Labute approximate surface area is 159 Å². The summed E-state index contributed by atoms with van der Waals surface area (Å²) in [6.45, 7) is 5.80. The number of anilines is 1. The molecule has 1 amide bonds. The number of rotatable bonds is 2. The molecule has 1 aliphatic heterocycles. The van der Waals surface area contributed by atoms with Gasteiger partial charge in [-0.1, -0.05) is 28.1 Å². The molecule has 0 radical (unpaired) electrons. The van der Waals surface area contributed by atoms with Crippen molar-refractivity contribution in [3.05, 3.63) is 63.0 Å². The Kier molecular flexibility index (Phi) is 4.11. The highest BCUT2D eigenvalue weighted by molar-refractivity contribution is 9.10. The number of amides is 1. The number of nitrogens with one attached hydrogen (secondary N) is 1. The first kappa shape index (κ1) is 16.9. The lowest BCUT2D eigenvalue weighted by Crippen LogP contribution is -2.25. The third-order valence-electron chi connectivity index (χ3n) is 4.51. The third kappa shape index (κ3) is 2.92. The van der Waals surface area contributed by atoms with E-state index in [1.807, 2.05) is 45.0 Å². The van der Waals surface area contributed by atoms with E-state index in [0.29, 0.717) is 18.2 Å². The maximum Gasteiger partial charge on any atom is 0.252 e. The van der Waals surface area contributed by atoms with Crippen LogP contribution in [-0.2, 0) is 4.79 Å². The number of carbonyl (C=O) groups excluding carboxylic acids is 1. The van der Waals surface area contributed by atoms with Crippen LogP contribution >= 0.6 is 15.9 Å². The molecule has 2 aromatic heterocycles. The van der Waals surface area contributed by atoms with Gasteiger partial charge in [0.1, 0.15) is 5.82 Å². The summed E-state index contributed by atoms with van der Waals surface area (Å²) in [6, 6.07) is 9.97. The third-order valence-corrected chi connectivity index (χ3v) is 5.01. The molecule has 1 aromatic carbocycles. The van der Waals surface area contributed by atoms with Crippen molar-refractivity contribution >= 4 is 27.7 Å². The minimum Gasteiger partial charge on any atom is -0.310 e. The van der Waals surface area contributed by atoms with Crippen molar-refractivity contribution in [1.29, 1.82) is 0 Å². The zero-order chi connectivity index (χ0) is 18.4. The molecule has 0 saturated heterocycles. The molecule has 7 heteroatoms. The number of fused-ring (bicyclic) bond motifs is 1. The molecule has 6 nitrogen and oxygen atoms in total. The van der Waals surface area contributed by atoms with Crippen molar-refractivity contribution < 1.29 is 4.79 Å². The van der Waals surface area contributed by atoms with Gasteiger partial charge in [0.15, 0.2) is 0 Å². The Bertz CT molecular complexity index is 1010. The van der Waals surface area contributed by atoms with Crippen LogP contribution < -0.4 is 5.32 Å². The molecule has 1 N–H and O–H groups in total. The molecule has 1 aliphatic rings. The number of benzene rings is 1. The quantitative estimate of drug-likeness (QED) is 0.695. The van der Waals surface area contributed by atoms with Crippen LogP contribution in [0.1, 0.15) is 40.5 Å². The summed E-state index contributed by atoms with van der Waals surface area (Å²) in [5.74, 6) is 1.06. The van der Waals surface area contributed by atoms with E-state index in [-0.39, 0.29) is 11.8 Å². The van der Waals surface area contributed by atoms with Gasteiger partial charge in [-0.15, -0.1) is 0 Å². The fourth-order valence-corrected chi connectivity index (χ4v) is 3.92. The Hall–Kier alpha value is -2.54. The lowest BCUT2D eigenvalue weighted by molar-refractivity contribution is -0.116. The van der Waals surface area contributed by atoms with Crippen LogP contribution in [-0.4, -0.2) is 25.7 Å². The van der Waals surface area contributed by atoms with Gasteiger partial charge in [-0.25, -0.2) is 9.97 Å². The maximum atomic E-state index is 12.4. The second kappa shape index (κ2) is 6.32. The topological polar surface area (TPSA) is 72.7 Å². The van der Waals surface area contributed by atoms with E-state index in [2.05, 4.69) is 42.4 Å². The van der Waals surface area contributed by atoms with Crippen LogP contribution in [0.4, 0.5) is 5.82 Å². The summed E-state index contributed by atoms with van der Waals surface area (Å²) >= 11 is 3.52.